The summed E-state index contributed by atoms with van der Waals surface area (Å²) in [5, 5.41) is 3.17. The molecule has 1 N–H and O–H groups in total. The van der Waals surface area contributed by atoms with Gasteiger partial charge in [-0.3, -0.25) is 14.4 Å². The molecule has 41 heavy (non-hydrogen) atoms. The van der Waals surface area contributed by atoms with Gasteiger partial charge >= 0.3 is 0 Å². The lowest BCUT2D eigenvalue weighted by molar-refractivity contribution is -0.141. The molecule has 9 heteroatoms. The number of carbonyl (C=O) groups is 3. The van der Waals surface area contributed by atoms with Crippen molar-refractivity contribution in [3.05, 3.63) is 101 Å². The van der Waals surface area contributed by atoms with Gasteiger partial charge in [-0.1, -0.05) is 85.1 Å². The second-order valence-electron chi connectivity index (χ2n) is 10.8. The van der Waals surface area contributed by atoms with Gasteiger partial charge in [-0.05, 0) is 43.0 Å². The summed E-state index contributed by atoms with van der Waals surface area (Å²) in [5.74, 6) is -1.26. The normalized spacial score (nSPS) is 16.8. The standard InChI is InChI=1S/C32H35N3O5S/c1-23-10-9-13-25(20-23)22-34(28(21-24-11-3-2-4-12-24)31(37)33-26-14-5-6-15-26)30(36)18-19-35-32(38)27-16-7-8-17-29(27)41(35,39)40/h2-4,7-13,16-17,20,26,28H,5-6,14-15,18-19,21-22H2,1H3,(H,33,37). The molecule has 2 aliphatic rings. The minimum atomic E-state index is -4.05. The van der Waals surface area contributed by atoms with Crippen molar-refractivity contribution in [1.82, 2.24) is 14.5 Å². The molecule has 1 atom stereocenters. The molecule has 0 bridgehead atoms. The average Bonchev–Trinajstić information content (AvgIpc) is 3.54. The predicted octanol–water partition coefficient (Wildman–Crippen LogP) is 4.23. The van der Waals surface area contributed by atoms with Gasteiger partial charge < -0.3 is 10.2 Å². The Kier molecular flexibility index (Phi) is 8.54. The molecular weight excluding hydrogens is 538 g/mol. The SMILES string of the molecule is Cc1cccc(CN(C(=O)CCN2C(=O)c3ccccc3S2(=O)=O)C(Cc2ccccc2)C(=O)NC2CCCC2)c1. The highest BCUT2D eigenvalue weighted by Gasteiger charge is 2.41. The molecule has 1 fully saturated rings. The molecule has 3 aromatic carbocycles. The van der Waals surface area contributed by atoms with Gasteiger partial charge in [-0.2, -0.15) is 0 Å². The molecule has 1 heterocycles. The monoisotopic (exact) mass is 573 g/mol. The van der Waals surface area contributed by atoms with Crippen molar-refractivity contribution in [3.8, 4) is 0 Å². The molecule has 5 rings (SSSR count). The minimum Gasteiger partial charge on any atom is -0.352 e. The van der Waals surface area contributed by atoms with Crippen LogP contribution in [-0.2, 0) is 32.6 Å². The summed E-state index contributed by atoms with van der Waals surface area (Å²) in [5.41, 5.74) is 2.90. The number of hydrogen-bond donors (Lipinski definition) is 1. The number of nitrogens with one attached hydrogen (secondary N) is 1. The zero-order valence-corrected chi connectivity index (χ0v) is 24.0. The fraction of sp³-hybridized carbons (Fsp3) is 0.344. The van der Waals surface area contributed by atoms with Crippen LogP contribution in [0, 0.1) is 6.92 Å². The van der Waals surface area contributed by atoms with Crippen molar-refractivity contribution in [2.45, 2.75) is 69.0 Å². The van der Waals surface area contributed by atoms with Gasteiger partial charge in [0.25, 0.3) is 15.9 Å². The van der Waals surface area contributed by atoms with Crippen molar-refractivity contribution in [2.75, 3.05) is 6.54 Å². The third-order valence-corrected chi connectivity index (χ3v) is 9.69. The van der Waals surface area contributed by atoms with Gasteiger partial charge in [0.05, 0.1) is 5.56 Å². The third-order valence-electron chi connectivity index (χ3n) is 7.85. The van der Waals surface area contributed by atoms with Gasteiger partial charge in [-0.25, -0.2) is 12.7 Å². The van der Waals surface area contributed by atoms with Crippen molar-refractivity contribution in [1.29, 1.82) is 0 Å². The molecule has 1 aliphatic heterocycles. The minimum absolute atomic E-state index is 0.0491. The summed E-state index contributed by atoms with van der Waals surface area (Å²) in [7, 11) is -4.05. The van der Waals surface area contributed by atoms with E-state index in [1.54, 1.807) is 17.0 Å². The van der Waals surface area contributed by atoms with Gasteiger partial charge in [0.15, 0.2) is 0 Å². The van der Waals surface area contributed by atoms with Crippen LogP contribution < -0.4 is 5.32 Å². The summed E-state index contributed by atoms with van der Waals surface area (Å²) in [6.07, 6.45) is 3.99. The first-order chi connectivity index (χ1) is 19.7. The van der Waals surface area contributed by atoms with E-state index in [2.05, 4.69) is 5.32 Å². The van der Waals surface area contributed by atoms with E-state index >= 15 is 0 Å². The highest BCUT2D eigenvalue weighted by molar-refractivity contribution is 7.90. The highest BCUT2D eigenvalue weighted by Crippen LogP contribution is 2.30. The smallest absolute Gasteiger partial charge is 0.269 e. The molecule has 0 saturated heterocycles. The number of hydrogen-bond acceptors (Lipinski definition) is 5. The highest BCUT2D eigenvalue weighted by atomic mass is 32.2. The maximum Gasteiger partial charge on any atom is 0.269 e. The Morgan fingerprint density at radius 1 is 0.951 bits per heavy atom. The Morgan fingerprint density at radius 3 is 2.34 bits per heavy atom. The van der Waals surface area contributed by atoms with Crippen LogP contribution >= 0.6 is 0 Å². The van der Waals surface area contributed by atoms with Gasteiger partial charge in [0.1, 0.15) is 10.9 Å². The Morgan fingerprint density at radius 2 is 1.63 bits per heavy atom. The molecule has 3 amide bonds. The fourth-order valence-electron chi connectivity index (χ4n) is 5.72. The van der Waals surface area contributed by atoms with Gasteiger partial charge in [0.2, 0.25) is 11.8 Å². The summed E-state index contributed by atoms with van der Waals surface area (Å²) >= 11 is 0. The third kappa shape index (κ3) is 6.35. The Labute approximate surface area is 241 Å². The van der Waals surface area contributed by atoms with Crippen LogP contribution in [-0.4, -0.2) is 54.0 Å². The largest absolute Gasteiger partial charge is 0.352 e. The summed E-state index contributed by atoms with van der Waals surface area (Å²) in [4.78, 5) is 42.2. The molecule has 0 radical (unpaired) electrons. The number of carbonyl (C=O) groups excluding carboxylic acids is 3. The van der Waals surface area contributed by atoms with Crippen molar-refractivity contribution >= 4 is 27.7 Å². The first-order valence-electron chi connectivity index (χ1n) is 14.1. The molecule has 8 nitrogen and oxygen atoms in total. The first kappa shape index (κ1) is 28.5. The van der Waals surface area contributed by atoms with E-state index in [0.29, 0.717) is 6.42 Å². The summed E-state index contributed by atoms with van der Waals surface area (Å²) < 4.78 is 27.0. The molecule has 214 valence electrons. The van der Waals surface area contributed by atoms with Crippen molar-refractivity contribution in [2.24, 2.45) is 0 Å². The van der Waals surface area contributed by atoms with E-state index < -0.39 is 27.9 Å². The molecule has 0 aromatic heterocycles. The van der Waals surface area contributed by atoms with Crippen LogP contribution in [0.15, 0.2) is 83.8 Å². The Hall–Kier alpha value is -3.98. The van der Waals surface area contributed by atoms with Gasteiger partial charge in [-0.15, -0.1) is 0 Å². The number of amides is 3. The van der Waals surface area contributed by atoms with E-state index in [1.807, 2.05) is 61.5 Å². The molecule has 3 aromatic rings. The average molecular weight is 574 g/mol. The molecule has 1 saturated carbocycles. The Balaban J connectivity index is 1.43. The second-order valence-corrected chi connectivity index (χ2v) is 12.7. The maximum absolute atomic E-state index is 14.0. The molecule has 1 aliphatic carbocycles. The molecular formula is C32H35N3O5S. The van der Waals surface area contributed by atoms with E-state index in [0.717, 1.165) is 46.7 Å². The van der Waals surface area contributed by atoms with Crippen LogP contribution in [0.3, 0.4) is 0 Å². The van der Waals surface area contributed by atoms with Crippen LogP contribution in [0.1, 0.15) is 59.2 Å². The number of benzene rings is 3. The molecule has 0 spiro atoms. The fourth-order valence-corrected chi connectivity index (χ4v) is 7.29. The predicted molar refractivity (Wildman–Crippen MR) is 155 cm³/mol. The van der Waals surface area contributed by atoms with E-state index in [4.69, 9.17) is 0 Å². The number of fused-ring (bicyclic) bond motifs is 1. The summed E-state index contributed by atoms with van der Waals surface area (Å²) in [6.45, 7) is 1.84. The lowest BCUT2D eigenvalue weighted by Crippen LogP contribution is -2.52. The summed E-state index contributed by atoms with van der Waals surface area (Å²) in [6, 6.07) is 22.6. The number of rotatable bonds is 10. The quantitative estimate of drug-likeness (QED) is 0.391. The first-order valence-corrected chi connectivity index (χ1v) is 15.5. The topological polar surface area (TPSA) is 104 Å². The second kappa shape index (κ2) is 12.3. The van der Waals surface area contributed by atoms with Crippen LogP contribution in [0.4, 0.5) is 0 Å². The Bertz CT molecular complexity index is 1530. The van der Waals surface area contributed by atoms with Crippen LogP contribution in [0.5, 0.6) is 0 Å². The van der Waals surface area contributed by atoms with E-state index in [1.165, 1.54) is 12.1 Å². The lowest BCUT2D eigenvalue weighted by atomic mass is 10.0. The molecule has 1 unspecified atom stereocenters. The van der Waals surface area contributed by atoms with E-state index in [9.17, 15) is 22.8 Å². The number of aryl methyl sites for hydroxylation is 1. The van der Waals surface area contributed by atoms with Crippen LogP contribution in [0.2, 0.25) is 0 Å². The zero-order valence-electron chi connectivity index (χ0n) is 23.2. The van der Waals surface area contributed by atoms with Gasteiger partial charge in [0, 0.05) is 32.0 Å². The van der Waals surface area contributed by atoms with Crippen molar-refractivity contribution in [3.63, 3.8) is 0 Å². The van der Waals surface area contributed by atoms with E-state index in [-0.39, 0.29) is 41.9 Å². The number of sulfonamides is 1. The van der Waals surface area contributed by atoms with Crippen molar-refractivity contribution < 1.29 is 22.8 Å². The lowest BCUT2D eigenvalue weighted by Gasteiger charge is -2.33. The maximum atomic E-state index is 14.0. The number of nitrogens with zero attached hydrogens (tertiary/aromatic N) is 2. The van der Waals surface area contributed by atoms with Crippen LogP contribution in [0.25, 0.3) is 0 Å². The zero-order chi connectivity index (χ0) is 29.0.